The maximum absolute atomic E-state index is 11.4. The van der Waals surface area contributed by atoms with Crippen LogP contribution < -0.4 is 0 Å². The van der Waals surface area contributed by atoms with Gasteiger partial charge < -0.3 is 9.80 Å². The number of Topliss-reactive ketones (excluding diaryl/α,β-unsaturated/α-hetero) is 1. The molecule has 0 radical (unpaired) electrons. The molecule has 0 aliphatic carbocycles. The summed E-state index contributed by atoms with van der Waals surface area (Å²) in [5.74, 6) is 0.0861. The fourth-order valence-electron chi connectivity index (χ4n) is 2.80. The maximum atomic E-state index is 11.4. The lowest BCUT2D eigenvalue weighted by Gasteiger charge is -2.33. The summed E-state index contributed by atoms with van der Waals surface area (Å²) in [4.78, 5) is 26.7. The first kappa shape index (κ1) is 12.6. The van der Waals surface area contributed by atoms with E-state index in [1.54, 1.807) is 4.90 Å². The summed E-state index contributed by atoms with van der Waals surface area (Å²) in [7, 11) is 0. The third-order valence-electron chi connectivity index (χ3n) is 3.88. The van der Waals surface area contributed by atoms with Crippen molar-refractivity contribution in [3.8, 4) is 0 Å². The Labute approximate surface area is 103 Å². The largest absolute Gasteiger partial charge is 0.335 e. The van der Waals surface area contributed by atoms with Crippen molar-refractivity contribution in [2.45, 2.75) is 45.1 Å². The molecule has 0 saturated carbocycles. The minimum absolute atomic E-state index is 0.0155. The Morgan fingerprint density at radius 2 is 2.06 bits per heavy atom. The predicted molar refractivity (Wildman–Crippen MR) is 65.7 cm³/mol. The fraction of sp³-hybridized carbons (Fsp3) is 0.846. The summed E-state index contributed by atoms with van der Waals surface area (Å²) < 4.78 is 0. The lowest BCUT2D eigenvalue weighted by molar-refractivity contribution is -0.127. The van der Waals surface area contributed by atoms with Gasteiger partial charge in [0.05, 0.1) is 13.0 Å². The lowest BCUT2D eigenvalue weighted by Crippen LogP contribution is -2.39. The second-order valence-electron chi connectivity index (χ2n) is 5.27. The van der Waals surface area contributed by atoms with Gasteiger partial charge in [-0.05, 0) is 32.7 Å². The van der Waals surface area contributed by atoms with Crippen molar-refractivity contribution in [1.29, 1.82) is 0 Å². The Hall–Kier alpha value is -0.900. The van der Waals surface area contributed by atoms with Crippen LogP contribution in [0.2, 0.25) is 0 Å². The van der Waals surface area contributed by atoms with E-state index < -0.39 is 0 Å². The van der Waals surface area contributed by atoms with Crippen LogP contribution in [0.3, 0.4) is 0 Å². The molecule has 4 nitrogen and oxygen atoms in total. The summed E-state index contributed by atoms with van der Waals surface area (Å²) in [6.07, 6.45) is 5.05. The van der Waals surface area contributed by atoms with Gasteiger partial charge in [0, 0.05) is 19.1 Å². The lowest BCUT2D eigenvalue weighted by atomic mass is 10.0. The van der Waals surface area contributed by atoms with Crippen molar-refractivity contribution in [1.82, 2.24) is 9.80 Å². The van der Waals surface area contributed by atoms with Crippen LogP contribution in [0, 0.1) is 0 Å². The topological polar surface area (TPSA) is 40.6 Å². The summed E-state index contributed by atoms with van der Waals surface area (Å²) in [5.41, 5.74) is 0. The van der Waals surface area contributed by atoms with Gasteiger partial charge in [-0.15, -0.1) is 0 Å². The molecular formula is C13H22N2O2. The molecule has 17 heavy (non-hydrogen) atoms. The molecule has 2 heterocycles. The van der Waals surface area contributed by atoms with Crippen LogP contribution in [0.5, 0.6) is 0 Å². The molecule has 2 fully saturated rings. The van der Waals surface area contributed by atoms with E-state index in [9.17, 15) is 9.59 Å². The number of piperidine rings is 1. The molecular weight excluding hydrogens is 216 g/mol. The van der Waals surface area contributed by atoms with Crippen molar-refractivity contribution in [3.63, 3.8) is 0 Å². The first-order chi connectivity index (χ1) is 8.16. The third-order valence-corrected chi connectivity index (χ3v) is 3.88. The smallest absolute Gasteiger partial charge is 0.230 e. The summed E-state index contributed by atoms with van der Waals surface area (Å²) in [6.45, 7) is 5.61. The maximum Gasteiger partial charge on any atom is 0.230 e. The molecule has 0 bridgehead atoms. The van der Waals surface area contributed by atoms with Crippen molar-refractivity contribution in [2.24, 2.45) is 0 Å². The minimum atomic E-state index is 0.0155. The van der Waals surface area contributed by atoms with Gasteiger partial charge in [0.1, 0.15) is 0 Å². The number of hydrogen-bond donors (Lipinski definition) is 0. The van der Waals surface area contributed by atoms with Gasteiger partial charge in [0.2, 0.25) is 5.91 Å². The molecule has 0 spiro atoms. The van der Waals surface area contributed by atoms with E-state index in [-0.39, 0.29) is 18.1 Å². The highest BCUT2D eigenvalue weighted by Gasteiger charge is 2.27. The zero-order valence-electron chi connectivity index (χ0n) is 10.7. The fourth-order valence-corrected chi connectivity index (χ4v) is 2.80. The van der Waals surface area contributed by atoms with Crippen molar-refractivity contribution in [2.75, 3.05) is 26.2 Å². The van der Waals surface area contributed by atoms with Crippen LogP contribution in [0.1, 0.15) is 39.0 Å². The predicted octanol–water partition coefficient (Wildman–Crippen LogP) is 1.05. The molecule has 2 aliphatic rings. The van der Waals surface area contributed by atoms with Crippen LogP contribution in [0.4, 0.5) is 0 Å². The van der Waals surface area contributed by atoms with Crippen LogP contribution in [-0.4, -0.2) is 53.7 Å². The van der Waals surface area contributed by atoms with E-state index in [1.165, 1.54) is 25.8 Å². The van der Waals surface area contributed by atoms with Gasteiger partial charge in [-0.25, -0.2) is 0 Å². The minimum Gasteiger partial charge on any atom is -0.335 e. The van der Waals surface area contributed by atoms with Crippen molar-refractivity contribution >= 4 is 11.7 Å². The van der Waals surface area contributed by atoms with Gasteiger partial charge in [-0.2, -0.15) is 0 Å². The highest BCUT2D eigenvalue weighted by Crippen LogP contribution is 2.16. The molecule has 1 amide bonds. The summed E-state index contributed by atoms with van der Waals surface area (Å²) in [5, 5.41) is 0. The van der Waals surface area contributed by atoms with Crippen LogP contribution >= 0.6 is 0 Å². The van der Waals surface area contributed by atoms with E-state index >= 15 is 0 Å². The normalized spacial score (nSPS) is 26.9. The SMILES string of the molecule is CC1CCCCN1CCCN1CC(=O)CC1=O. The monoisotopic (exact) mass is 238 g/mol. The van der Waals surface area contributed by atoms with Crippen LogP contribution in [0.25, 0.3) is 0 Å². The number of carbonyl (C=O) groups excluding carboxylic acids is 2. The molecule has 0 aromatic carbocycles. The second-order valence-corrected chi connectivity index (χ2v) is 5.27. The van der Waals surface area contributed by atoms with Gasteiger partial charge in [-0.1, -0.05) is 6.42 Å². The van der Waals surface area contributed by atoms with Crippen LogP contribution in [-0.2, 0) is 9.59 Å². The average Bonchev–Trinajstić information content (AvgIpc) is 2.60. The number of amides is 1. The van der Waals surface area contributed by atoms with Crippen molar-refractivity contribution in [3.05, 3.63) is 0 Å². The second kappa shape index (κ2) is 5.63. The van der Waals surface area contributed by atoms with Gasteiger partial charge >= 0.3 is 0 Å². The Bertz CT molecular complexity index is 304. The molecule has 96 valence electrons. The van der Waals surface area contributed by atoms with Crippen molar-refractivity contribution < 1.29 is 9.59 Å². The zero-order valence-corrected chi connectivity index (χ0v) is 10.7. The number of likely N-dealkylation sites (tertiary alicyclic amines) is 2. The molecule has 2 rings (SSSR count). The molecule has 0 N–H and O–H groups in total. The summed E-state index contributed by atoms with van der Waals surface area (Å²) in [6, 6.07) is 0.680. The quantitative estimate of drug-likeness (QED) is 0.687. The molecule has 2 aliphatic heterocycles. The average molecular weight is 238 g/mol. The number of rotatable bonds is 4. The number of carbonyl (C=O) groups is 2. The highest BCUT2D eigenvalue weighted by molar-refractivity contribution is 6.05. The Morgan fingerprint density at radius 3 is 2.71 bits per heavy atom. The zero-order chi connectivity index (χ0) is 12.3. The highest BCUT2D eigenvalue weighted by atomic mass is 16.2. The summed E-state index contributed by atoms with van der Waals surface area (Å²) >= 11 is 0. The Kier molecular flexibility index (Phi) is 4.15. The third kappa shape index (κ3) is 3.28. The Balaban J connectivity index is 1.68. The molecule has 1 unspecified atom stereocenters. The first-order valence-corrected chi connectivity index (χ1v) is 6.70. The van der Waals surface area contributed by atoms with E-state index in [2.05, 4.69) is 11.8 Å². The van der Waals surface area contributed by atoms with Gasteiger partial charge in [0.25, 0.3) is 0 Å². The van der Waals surface area contributed by atoms with Gasteiger partial charge in [-0.3, -0.25) is 9.59 Å². The standard InChI is InChI=1S/C13H22N2O2/c1-11-5-2-3-6-14(11)7-4-8-15-10-12(16)9-13(15)17/h11H,2-10H2,1H3. The number of nitrogens with zero attached hydrogens (tertiary/aromatic N) is 2. The Morgan fingerprint density at radius 1 is 1.24 bits per heavy atom. The van der Waals surface area contributed by atoms with E-state index in [0.29, 0.717) is 12.6 Å². The first-order valence-electron chi connectivity index (χ1n) is 6.70. The number of ketones is 1. The molecule has 1 atom stereocenters. The number of hydrogen-bond acceptors (Lipinski definition) is 3. The van der Waals surface area contributed by atoms with E-state index in [0.717, 1.165) is 19.5 Å². The van der Waals surface area contributed by atoms with E-state index in [1.807, 2.05) is 0 Å². The molecule has 0 aromatic rings. The van der Waals surface area contributed by atoms with E-state index in [4.69, 9.17) is 0 Å². The molecule has 0 aromatic heterocycles. The molecule has 4 heteroatoms. The van der Waals surface area contributed by atoms with Gasteiger partial charge in [0.15, 0.2) is 5.78 Å². The molecule has 2 saturated heterocycles. The van der Waals surface area contributed by atoms with Crippen LogP contribution in [0.15, 0.2) is 0 Å².